The second-order valence-electron chi connectivity index (χ2n) is 8.05. The lowest BCUT2D eigenvalue weighted by Gasteiger charge is -2.35. The van der Waals surface area contributed by atoms with Crippen LogP contribution in [0.1, 0.15) is 64.0 Å². The first-order valence-corrected chi connectivity index (χ1v) is 10.3. The fraction of sp³-hybridized carbons (Fsp3) is 0.682. The van der Waals surface area contributed by atoms with Gasteiger partial charge < -0.3 is 15.5 Å². The molecule has 1 fully saturated rings. The van der Waals surface area contributed by atoms with Gasteiger partial charge >= 0.3 is 0 Å². The highest BCUT2D eigenvalue weighted by Gasteiger charge is 2.21. The fourth-order valence-corrected chi connectivity index (χ4v) is 3.52. The number of nitrogens with one attached hydrogen (secondary N) is 2. The SMILES string of the molecule is CN=C(NCCCc1ccc(C(C)C)cc1)NC1CCN(C(C)C)CC1.I. The summed E-state index contributed by atoms with van der Waals surface area (Å²) in [5.74, 6) is 1.55. The Labute approximate surface area is 183 Å². The average molecular weight is 486 g/mol. The Kier molecular flexibility index (Phi) is 11.3. The van der Waals surface area contributed by atoms with Gasteiger partial charge in [-0.1, -0.05) is 38.1 Å². The van der Waals surface area contributed by atoms with Crippen molar-refractivity contribution in [1.82, 2.24) is 15.5 Å². The Morgan fingerprint density at radius 1 is 1.11 bits per heavy atom. The third kappa shape index (κ3) is 8.38. The lowest BCUT2D eigenvalue weighted by Crippen LogP contribution is -2.50. The van der Waals surface area contributed by atoms with Gasteiger partial charge in [-0.2, -0.15) is 0 Å². The number of aliphatic imine (C=N–C) groups is 1. The van der Waals surface area contributed by atoms with Crippen molar-refractivity contribution in [3.05, 3.63) is 35.4 Å². The van der Waals surface area contributed by atoms with Crippen LogP contribution in [0, 0.1) is 0 Å². The van der Waals surface area contributed by atoms with E-state index in [9.17, 15) is 0 Å². The molecule has 0 aromatic heterocycles. The van der Waals surface area contributed by atoms with Gasteiger partial charge in [-0.15, -0.1) is 24.0 Å². The second kappa shape index (κ2) is 12.6. The summed E-state index contributed by atoms with van der Waals surface area (Å²) in [6.45, 7) is 12.4. The van der Waals surface area contributed by atoms with E-state index in [1.807, 2.05) is 7.05 Å². The topological polar surface area (TPSA) is 39.7 Å². The third-order valence-corrected chi connectivity index (χ3v) is 5.41. The van der Waals surface area contributed by atoms with Crippen LogP contribution in [-0.4, -0.2) is 49.6 Å². The largest absolute Gasteiger partial charge is 0.356 e. The van der Waals surface area contributed by atoms with Gasteiger partial charge in [0, 0.05) is 38.8 Å². The second-order valence-corrected chi connectivity index (χ2v) is 8.05. The molecule has 1 aliphatic heterocycles. The zero-order chi connectivity index (χ0) is 18.9. The van der Waals surface area contributed by atoms with E-state index in [0.29, 0.717) is 18.0 Å². The molecule has 0 unspecified atom stereocenters. The van der Waals surface area contributed by atoms with E-state index in [1.165, 1.54) is 37.1 Å². The molecule has 27 heavy (non-hydrogen) atoms. The van der Waals surface area contributed by atoms with Gasteiger partial charge in [-0.25, -0.2) is 0 Å². The Morgan fingerprint density at radius 2 is 1.74 bits per heavy atom. The summed E-state index contributed by atoms with van der Waals surface area (Å²) in [5.41, 5.74) is 2.83. The smallest absolute Gasteiger partial charge is 0.191 e. The highest BCUT2D eigenvalue weighted by atomic mass is 127. The maximum absolute atomic E-state index is 4.39. The molecule has 0 saturated carbocycles. The number of hydrogen-bond donors (Lipinski definition) is 2. The quantitative estimate of drug-likeness (QED) is 0.260. The number of hydrogen-bond acceptors (Lipinski definition) is 2. The van der Waals surface area contributed by atoms with Crippen LogP contribution in [0.2, 0.25) is 0 Å². The van der Waals surface area contributed by atoms with Crippen LogP contribution in [-0.2, 0) is 6.42 Å². The van der Waals surface area contributed by atoms with Crippen molar-refractivity contribution < 1.29 is 0 Å². The number of nitrogens with zero attached hydrogens (tertiary/aromatic N) is 2. The first-order chi connectivity index (χ1) is 12.5. The highest BCUT2D eigenvalue weighted by molar-refractivity contribution is 14.0. The monoisotopic (exact) mass is 486 g/mol. The molecule has 1 aromatic carbocycles. The number of guanidine groups is 1. The van der Waals surface area contributed by atoms with Crippen LogP contribution in [0.15, 0.2) is 29.3 Å². The van der Waals surface area contributed by atoms with Gasteiger partial charge in [-0.3, -0.25) is 4.99 Å². The predicted octanol–water partition coefficient (Wildman–Crippen LogP) is 4.40. The van der Waals surface area contributed by atoms with Gasteiger partial charge in [0.2, 0.25) is 0 Å². The van der Waals surface area contributed by atoms with Crippen LogP contribution in [0.4, 0.5) is 0 Å². The normalized spacial score (nSPS) is 16.5. The zero-order valence-electron chi connectivity index (χ0n) is 17.8. The summed E-state index contributed by atoms with van der Waals surface area (Å²) in [7, 11) is 1.86. The van der Waals surface area contributed by atoms with Gasteiger partial charge in [0.25, 0.3) is 0 Å². The van der Waals surface area contributed by atoms with E-state index >= 15 is 0 Å². The van der Waals surface area contributed by atoms with Crippen molar-refractivity contribution >= 4 is 29.9 Å². The molecule has 1 saturated heterocycles. The first kappa shape index (κ1) is 24.2. The molecule has 0 atom stereocenters. The minimum atomic E-state index is 0. The molecule has 4 nitrogen and oxygen atoms in total. The van der Waals surface area contributed by atoms with Crippen molar-refractivity contribution in [2.24, 2.45) is 4.99 Å². The van der Waals surface area contributed by atoms with E-state index in [4.69, 9.17) is 0 Å². The molecule has 1 aromatic rings. The Hall–Kier alpha value is -0.820. The van der Waals surface area contributed by atoms with Crippen LogP contribution in [0.25, 0.3) is 0 Å². The summed E-state index contributed by atoms with van der Waals surface area (Å²) in [4.78, 5) is 6.95. The zero-order valence-corrected chi connectivity index (χ0v) is 20.1. The molecule has 0 bridgehead atoms. The molecular formula is C22H39IN4. The summed E-state index contributed by atoms with van der Waals surface area (Å²) in [6.07, 6.45) is 4.62. The van der Waals surface area contributed by atoms with Crippen LogP contribution in [0.3, 0.4) is 0 Å². The Balaban J connectivity index is 0.00000364. The van der Waals surface area contributed by atoms with Crippen molar-refractivity contribution in [1.29, 1.82) is 0 Å². The fourth-order valence-electron chi connectivity index (χ4n) is 3.52. The molecule has 0 spiro atoms. The van der Waals surface area contributed by atoms with E-state index in [-0.39, 0.29) is 24.0 Å². The average Bonchev–Trinajstić information content (AvgIpc) is 2.65. The summed E-state index contributed by atoms with van der Waals surface area (Å²) < 4.78 is 0. The molecule has 1 aliphatic rings. The van der Waals surface area contributed by atoms with Gasteiger partial charge in [0.05, 0.1) is 0 Å². The number of likely N-dealkylation sites (tertiary alicyclic amines) is 1. The van der Waals surface area contributed by atoms with Crippen LogP contribution >= 0.6 is 24.0 Å². The maximum Gasteiger partial charge on any atom is 0.191 e. The predicted molar refractivity (Wildman–Crippen MR) is 128 cm³/mol. The maximum atomic E-state index is 4.39. The van der Waals surface area contributed by atoms with Crippen molar-refractivity contribution in [2.45, 2.75) is 71.4 Å². The van der Waals surface area contributed by atoms with Crippen LogP contribution in [0.5, 0.6) is 0 Å². The van der Waals surface area contributed by atoms with Gasteiger partial charge in [-0.05, 0) is 56.6 Å². The number of piperidine rings is 1. The standard InChI is InChI=1S/C22H38N4.HI/c1-17(2)20-10-8-19(9-11-20)7-6-14-24-22(23-5)25-21-12-15-26(16-13-21)18(3)4;/h8-11,17-18,21H,6-7,12-16H2,1-5H3,(H2,23,24,25);1H. The molecule has 154 valence electrons. The minimum Gasteiger partial charge on any atom is -0.356 e. The van der Waals surface area contributed by atoms with Gasteiger partial charge in [0.15, 0.2) is 5.96 Å². The summed E-state index contributed by atoms with van der Waals surface area (Å²) in [5, 5.41) is 7.07. The lowest BCUT2D eigenvalue weighted by molar-refractivity contribution is 0.167. The third-order valence-electron chi connectivity index (χ3n) is 5.41. The molecule has 2 N–H and O–H groups in total. The first-order valence-electron chi connectivity index (χ1n) is 10.3. The van der Waals surface area contributed by atoms with Gasteiger partial charge in [0.1, 0.15) is 0 Å². The molecule has 2 rings (SSSR count). The highest BCUT2D eigenvalue weighted by Crippen LogP contribution is 2.15. The van der Waals surface area contributed by atoms with Crippen molar-refractivity contribution in [3.63, 3.8) is 0 Å². The minimum absolute atomic E-state index is 0. The molecule has 0 amide bonds. The van der Waals surface area contributed by atoms with E-state index in [0.717, 1.165) is 25.3 Å². The van der Waals surface area contributed by atoms with E-state index < -0.39 is 0 Å². The van der Waals surface area contributed by atoms with E-state index in [1.54, 1.807) is 0 Å². The Bertz CT molecular complexity index is 546. The molecular weight excluding hydrogens is 447 g/mol. The molecule has 5 heteroatoms. The summed E-state index contributed by atoms with van der Waals surface area (Å²) in [6, 6.07) is 10.3. The molecule has 1 heterocycles. The summed E-state index contributed by atoms with van der Waals surface area (Å²) >= 11 is 0. The molecule has 0 radical (unpaired) electrons. The number of benzene rings is 1. The van der Waals surface area contributed by atoms with Crippen molar-refractivity contribution in [2.75, 3.05) is 26.7 Å². The lowest BCUT2D eigenvalue weighted by atomic mass is 10.0. The van der Waals surface area contributed by atoms with E-state index in [2.05, 4.69) is 72.5 Å². The van der Waals surface area contributed by atoms with Crippen molar-refractivity contribution in [3.8, 4) is 0 Å². The number of rotatable bonds is 7. The Morgan fingerprint density at radius 3 is 2.26 bits per heavy atom. The van der Waals surface area contributed by atoms with Crippen LogP contribution < -0.4 is 10.6 Å². The number of halogens is 1. The number of aryl methyl sites for hydroxylation is 1. The molecule has 0 aliphatic carbocycles.